The zero-order chi connectivity index (χ0) is 22.2. The number of ether oxygens (including phenoxy) is 1. The molecule has 7 nitrogen and oxygen atoms in total. The van der Waals surface area contributed by atoms with E-state index in [1.807, 2.05) is 48.4 Å². The lowest BCUT2D eigenvalue weighted by atomic mass is 10.2. The zero-order valence-electron chi connectivity index (χ0n) is 18.5. The van der Waals surface area contributed by atoms with Gasteiger partial charge in [0.1, 0.15) is 17.3 Å². The number of carbonyl (C=O) groups is 1. The van der Waals surface area contributed by atoms with Gasteiger partial charge in [-0.2, -0.15) is 0 Å². The van der Waals surface area contributed by atoms with Gasteiger partial charge in [-0.25, -0.2) is 9.97 Å². The van der Waals surface area contributed by atoms with Crippen LogP contribution < -0.4 is 10.1 Å². The normalized spacial score (nSPS) is 10.9. The minimum Gasteiger partial charge on any atom is -0.457 e. The van der Waals surface area contributed by atoms with Gasteiger partial charge in [0.2, 0.25) is 0 Å². The fourth-order valence-corrected chi connectivity index (χ4v) is 3.62. The molecule has 0 unspecified atom stereocenters. The molecular weight excluding hydrogens is 410 g/mol. The van der Waals surface area contributed by atoms with Gasteiger partial charge in [0.05, 0.1) is 5.69 Å². The van der Waals surface area contributed by atoms with E-state index in [9.17, 15) is 4.79 Å². The monoisotopic (exact) mass is 439 g/mol. The van der Waals surface area contributed by atoms with Crippen molar-refractivity contribution in [2.45, 2.75) is 20.8 Å². The molecule has 164 valence electrons. The van der Waals surface area contributed by atoms with E-state index in [0.29, 0.717) is 36.0 Å². The molecule has 31 heavy (non-hydrogen) atoms. The number of amides is 1. The first kappa shape index (κ1) is 22.7. The number of anilines is 2. The number of likely N-dealkylation sites (N-methyl/N-ethyl adjacent to an activating group) is 2. The predicted molar refractivity (Wildman–Crippen MR) is 126 cm³/mol. The van der Waals surface area contributed by atoms with E-state index in [0.717, 1.165) is 23.9 Å². The Morgan fingerprint density at radius 2 is 1.94 bits per heavy atom. The maximum Gasteiger partial charge on any atom is 0.254 e. The van der Waals surface area contributed by atoms with Crippen LogP contribution in [0.5, 0.6) is 11.5 Å². The van der Waals surface area contributed by atoms with Crippen molar-refractivity contribution in [3.8, 4) is 11.5 Å². The number of nitrogens with zero attached hydrogens (tertiary/aromatic N) is 4. The molecule has 0 fully saturated rings. The van der Waals surface area contributed by atoms with Gasteiger partial charge in [0, 0.05) is 42.8 Å². The van der Waals surface area contributed by atoms with Crippen molar-refractivity contribution < 1.29 is 9.53 Å². The van der Waals surface area contributed by atoms with Crippen molar-refractivity contribution in [1.82, 2.24) is 19.8 Å². The number of benzene rings is 1. The van der Waals surface area contributed by atoms with Gasteiger partial charge < -0.3 is 19.9 Å². The third kappa shape index (κ3) is 6.50. The SMILES string of the molecule is CCN(C)CCN(CC)C(=O)c1cccc(Oc2ccnc(Nc3nc(C)cs3)c2)c1. The summed E-state index contributed by atoms with van der Waals surface area (Å²) in [5.74, 6) is 1.90. The van der Waals surface area contributed by atoms with Crippen molar-refractivity contribution in [3.05, 3.63) is 59.2 Å². The Morgan fingerprint density at radius 3 is 2.65 bits per heavy atom. The summed E-state index contributed by atoms with van der Waals surface area (Å²) < 4.78 is 6.01. The standard InChI is InChI=1S/C23H29N5O2S/c1-5-27(4)12-13-28(6-2)22(29)18-8-7-9-19(14-18)30-20-10-11-24-21(15-20)26-23-25-17(3)16-31-23/h7-11,14-16H,5-6,12-13H2,1-4H3,(H,24,25,26). The molecule has 3 aromatic rings. The van der Waals surface area contributed by atoms with Crippen LogP contribution in [0.4, 0.5) is 10.9 Å². The highest BCUT2D eigenvalue weighted by molar-refractivity contribution is 7.13. The first-order valence-corrected chi connectivity index (χ1v) is 11.3. The summed E-state index contributed by atoms with van der Waals surface area (Å²) in [5.41, 5.74) is 1.58. The minimum absolute atomic E-state index is 0.00803. The van der Waals surface area contributed by atoms with Crippen LogP contribution in [0.15, 0.2) is 48.0 Å². The van der Waals surface area contributed by atoms with E-state index in [4.69, 9.17) is 4.74 Å². The summed E-state index contributed by atoms with van der Waals surface area (Å²) in [7, 11) is 2.06. The van der Waals surface area contributed by atoms with E-state index in [1.54, 1.807) is 18.3 Å². The van der Waals surface area contributed by atoms with Crippen LogP contribution in [0.1, 0.15) is 29.9 Å². The lowest BCUT2D eigenvalue weighted by molar-refractivity contribution is 0.0750. The minimum atomic E-state index is 0.00803. The van der Waals surface area contributed by atoms with Gasteiger partial charge in [-0.05, 0) is 51.7 Å². The summed E-state index contributed by atoms with van der Waals surface area (Å²) in [6.07, 6.45) is 1.68. The van der Waals surface area contributed by atoms with Crippen molar-refractivity contribution >= 4 is 28.2 Å². The van der Waals surface area contributed by atoms with Crippen LogP contribution in [-0.2, 0) is 0 Å². The van der Waals surface area contributed by atoms with Crippen LogP contribution in [-0.4, -0.2) is 58.9 Å². The number of thiazole rings is 1. The highest BCUT2D eigenvalue weighted by Crippen LogP contribution is 2.26. The molecule has 0 atom stereocenters. The second kappa shape index (κ2) is 10.9. The lowest BCUT2D eigenvalue weighted by Gasteiger charge is -2.24. The van der Waals surface area contributed by atoms with Crippen molar-refractivity contribution in [1.29, 1.82) is 0 Å². The van der Waals surface area contributed by atoms with Gasteiger partial charge in [-0.15, -0.1) is 11.3 Å². The van der Waals surface area contributed by atoms with E-state index in [-0.39, 0.29) is 5.91 Å². The third-order valence-electron chi connectivity index (χ3n) is 4.86. The second-order valence-electron chi connectivity index (χ2n) is 7.21. The summed E-state index contributed by atoms with van der Waals surface area (Å²) in [6.45, 7) is 9.22. The molecule has 0 aliphatic heterocycles. The quantitative estimate of drug-likeness (QED) is 0.489. The van der Waals surface area contributed by atoms with Crippen molar-refractivity contribution in [2.75, 3.05) is 38.5 Å². The summed E-state index contributed by atoms with van der Waals surface area (Å²) in [6, 6.07) is 10.9. The van der Waals surface area contributed by atoms with Crippen LogP contribution in [0, 0.1) is 6.92 Å². The summed E-state index contributed by atoms with van der Waals surface area (Å²) >= 11 is 1.52. The molecule has 0 aliphatic rings. The molecule has 0 bridgehead atoms. The number of rotatable bonds is 10. The number of pyridine rings is 1. The fourth-order valence-electron chi connectivity index (χ4n) is 2.93. The third-order valence-corrected chi connectivity index (χ3v) is 5.74. The molecule has 0 saturated heterocycles. The topological polar surface area (TPSA) is 70.6 Å². The molecule has 3 rings (SSSR count). The Hall–Kier alpha value is -2.97. The number of nitrogens with one attached hydrogen (secondary N) is 1. The van der Waals surface area contributed by atoms with E-state index in [2.05, 4.69) is 34.2 Å². The van der Waals surface area contributed by atoms with Gasteiger partial charge in [-0.3, -0.25) is 4.79 Å². The smallest absolute Gasteiger partial charge is 0.254 e. The molecule has 2 aromatic heterocycles. The Bertz CT molecular complexity index is 1010. The molecule has 1 N–H and O–H groups in total. The number of aromatic nitrogens is 2. The summed E-state index contributed by atoms with van der Waals surface area (Å²) in [4.78, 5) is 25.7. The van der Waals surface area contributed by atoms with Gasteiger partial charge in [0.25, 0.3) is 5.91 Å². The maximum absolute atomic E-state index is 13.0. The molecule has 0 radical (unpaired) electrons. The molecule has 0 aliphatic carbocycles. The van der Waals surface area contributed by atoms with Crippen LogP contribution in [0.25, 0.3) is 0 Å². The Morgan fingerprint density at radius 1 is 1.13 bits per heavy atom. The molecule has 2 heterocycles. The van der Waals surface area contributed by atoms with E-state index < -0.39 is 0 Å². The van der Waals surface area contributed by atoms with Crippen LogP contribution >= 0.6 is 11.3 Å². The average molecular weight is 440 g/mol. The predicted octanol–water partition coefficient (Wildman–Crippen LogP) is 4.80. The van der Waals surface area contributed by atoms with E-state index >= 15 is 0 Å². The maximum atomic E-state index is 13.0. The number of hydrogen-bond acceptors (Lipinski definition) is 7. The second-order valence-corrected chi connectivity index (χ2v) is 8.06. The van der Waals surface area contributed by atoms with Crippen LogP contribution in [0.3, 0.4) is 0 Å². The highest BCUT2D eigenvalue weighted by atomic mass is 32.1. The Labute approximate surface area is 187 Å². The molecule has 1 aromatic carbocycles. The number of aryl methyl sites for hydroxylation is 1. The average Bonchev–Trinajstić information content (AvgIpc) is 3.18. The van der Waals surface area contributed by atoms with Gasteiger partial charge in [-0.1, -0.05) is 13.0 Å². The summed E-state index contributed by atoms with van der Waals surface area (Å²) in [5, 5.41) is 5.94. The molecule has 8 heteroatoms. The lowest BCUT2D eigenvalue weighted by Crippen LogP contribution is -2.37. The molecule has 0 spiro atoms. The van der Waals surface area contributed by atoms with Crippen molar-refractivity contribution in [2.24, 2.45) is 0 Å². The van der Waals surface area contributed by atoms with E-state index in [1.165, 1.54) is 11.3 Å². The van der Waals surface area contributed by atoms with Crippen LogP contribution in [0.2, 0.25) is 0 Å². The first-order valence-electron chi connectivity index (χ1n) is 10.4. The molecular formula is C23H29N5O2S. The Kier molecular flexibility index (Phi) is 7.97. The zero-order valence-corrected chi connectivity index (χ0v) is 19.3. The van der Waals surface area contributed by atoms with Crippen molar-refractivity contribution in [3.63, 3.8) is 0 Å². The molecule has 1 amide bonds. The highest BCUT2D eigenvalue weighted by Gasteiger charge is 2.15. The fraction of sp³-hybridized carbons (Fsp3) is 0.348. The number of hydrogen-bond donors (Lipinski definition) is 1. The first-order chi connectivity index (χ1) is 15.0. The Balaban J connectivity index is 1.68. The van der Waals surface area contributed by atoms with Gasteiger partial charge >= 0.3 is 0 Å². The van der Waals surface area contributed by atoms with Gasteiger partial charge in [0.15, 0.2) is 5.13 Å². The number of carbonyl (C=O) groups excluding carboxylic acids is 1. The largest absolute Gasteiger partial charge is 0.457 e. The molecule has 0 saturated carbocycles.